The lowest BCUT2D eigenvalue weighted by atomic mass is 9.93. The predicted molar refractivity (Wildman–Crippen MR) is 105 cm³/mol. The maximum Gasteiger partial charge on any atom is 0.261 e. The van der Waals surface area contributed by atoms with Gasteiger partial charge in [0.2, 0.25) is 5.91 Å². The number of aromatic nitrogens is 2. The highest BCUT2D eigenvalue weighted by Crippen LogP contribution is 2.30. The molecule has 3 aromatic rings. The van der Waals surface area contributed by atoms with Crippen molar-refractivity contribution in [3.63, 3.8) is 0 Å². The summed E-state index contributed by atoms with van der Waals surface area (Å²) in [6.07, 6.45) is 3.41. The number of para-hydroxylation sites is 1. The van der Waals surface area contributed by atoms with Gasteiger partial charge in [0.05, 0.1) is 23.3 Å². The molecule has 1 N–H and O–H groups in total. The zero-order chi connectivity index (χ0) is 18.5. The molecule has 0 saturated heterocycles. The van der Waals surface area contributed by atoms with Gasteiger partial charge in [-0.15, -0.1) is 11.3 Å². The van der Waals surface area contributed by atoms with Gasteiger partial charge in [0.1, 0.15) is 6.54 Å². The lowest BCUT2D eigenvalue weighted by molar-refractivity contribution is -0.122. The van der Waals surface area contributed by atoms with Crippen molar-refractivity contribution in [1.29, 1.82) is 0 Å². The molecule has 2 aromatic heterocycles. The topological polar surface area (TPSA) is 64.0 Å². The van der Waals surface area contributed by atoms with Crippen molar-refractivity contribution >= 4 is 28.1 Å². The van der Waals surface area contributed by atoms with Crippen molar-refractivity contribution in [1.82, 2.24) is 14.9 Å². The number of rotatable bonds is 7. The second-order valence-corrected chi connectivity index (χ2v) is 7.31. The molecule has 0 aliphatic rings. The normalized spacial score (nSPS) is 12.4. The third-order valence-corrected chi connectivity index (χ3v) is 5.69. The Balaban J connectivity index is 1.81. The van der Waals surface area contributed by atoms with Crippen LogP contribution in [0.3, 0.4) is 0 Å². The van der Waals surface area contributed by atoms with Crippen molar-refractivity contribution in [3.8, 4) is 0 Å². The van der Waals surface area contributed by atoms with E-state index in [1.165, 1.54) is 10.9 Å². The minimum absolute atomic E-state index is 0.0263. The minimum Gasteiger partial charge on any atom is -0.347 e. The van der Waals surface area contributed by atoms with Gasteiger partial charge >= 0.3 is 0 Å². The van der Waals surface area contributed by atoms with Crippen molar-refractivity contribution in [2.24, 2.45) is 5.92 Å². The van der Waals surface area contributed by atoms with Crippen LogP contribution in [0, 0.1) is 5.92 Å². The number of carbonyl (C=O) groups is 1. The lowest BCUT2D eigenvalue weighted by Crippen LogP contribution is -2.37. The zero-order valence-electron chi connectivity index (χ0n) is 15.0. The molecule has 1 amide bonds. The summed E-state index contributed by atoms with van der Waals surface area (Å²) < 4.78 is 1.37. The minimum atomic E-state index is -0.194. The van der Waals surface area contributed by atoms with Crippen LogP contribution in [0.25, 0.3) is 10.9 Å². The van der Waals surface area contributed by atoms with Gasteiger partial charge in [0.25, 0.3) is 5.56 Å². The SMILES string of the molecule is CCC(CC)[C@H](NC(=O)Cn1cnc2ccccc2c1=O)c1cccs1. The average molecular weight is 369 g/mol. The molecule has 0 aliphatic heterocycles. The number of benzene rings is 1. The van der Waals surface area contributed by atoms with Crippen LogP contribution in [-0.4, -0.2) is 15.5 Å². The summed E-state index contributed by atoms with van der Waals surface area (Å²) in [7, 11) is 0. The van der Waals surface area contributed by atoms with E-state index in [2.05, 4.69) is 30.2 Å². The summed E-state index contributed by atoms with van der Waals surface area (Å²) in [5.74, 6) is 0.193. The third-order valence-electron chi connectivity index (χ3n) is 4.73. The van der Waals surface area contributed by atoms with E-state index in [-0.39, 0.29) is 24.1 Å². The lowest BCUT2D eigenvalue weighted by Gasteiger charge is -2.25. The van der Waals surface area contributed by atoms with Crippen molar-refractivity contribution in [2.75, 3.05) is 0 Å². The summed E-state index contributed by atoms with van der Waals surface area (Å²) in [4.78, 5) is 30.6. The summed E-state index contributed by atoms with van der Waals surface area (Å²) in [6, 6.07) is 11.2. The number of fused-ring (bicyclic) bond motifs is 1. The Morgan fingerprint density at radius 3 is 2.65 bits per heavy atom. The molecule has 1 aromatic carbocycles. The van der Waals surface area contributed by atoms with Crippen LogP contribution in [0.4, 0.5) is 0 Å². The van der Waals surface area contributed by atoms with Crippen molar-refractivity contribution < 1.29 is 4.79 Å². The van der Waals surface area contributed by atoms with Gasteiger partial charge < -0.3 is 5.32 Å². The number of carbonyl (C=O) groups excluding carboxylic acids is 1. The summed E-state index contributed by atoms with van der Waals surface area (Å²) in [6.45, 7) is 4.25. The molecule has 5 nitrogen and oxygen atoms in total. The van der Waals surface area contributed by atoms with Gasteiger partial charge in [0.15, 0.2) is 0 Å². The first-order valence-corrected chi connectivity index (χ1v) is 9.79. The second-order valence-electron chi connectivity index (χ2n) is 6.33. The Hall–Kier alpha value is -2.47. The smallest absolute Gasteiger partial charge is 0.261 e. The number of nitrogens with one attached hydrogen (secondary N) is 1. The summed E-state index contributed by atoms with van der Waals surface area (Å²) >= 11 is 1.65. The Bertz CT molecular complexity index is 930. The second kappa shape index (κ2) is 8.27. The van der Waals surface area contributed by atoms with Crippen molar-refractivity contribution in [2.45, 2.75) is 39.3 Å². The van der Waals surface area contributed by atoms with Crippen LogP contribution >= 0.6 is 11.3 Å². The molecule has 2 heterocycles. The molecule has 0 unspecified atom stereocenters. The average Bonchev–Trinajstić information content (AvgIpc) is 3.19. The van der Waals surface area contributed by atoms with E-state index in [9.17, 15) is 9.59 Å². The van der Waals surface area contributed by atoms with E-state index in [0.29, 0.717) is 16.8 Å². The maximum atomic E-state index is 12.6. The van der Waals surface area contributed by atoms with Crippen LogP contribution < -0.4 is 10.9 Å². The number of hydrogen-bond donors (Lipinski definition) is 1. The fourth-order valence-corrected chi connectivity index (χ4v) is 4.11. The highest BCUT2D eigenvalue weighted by atomic mass is 32.1. The Morgan fingerprint density at radius 1 is 1.19 bits per heavy atom. The van der Waals surface area contributed by atoms with Crippen LogP contribution in [0.1, 0.15) is 37.6 Å². The summed E-state index contributed by atoms with van der Waals surface area (Å²) in [5, 5.41) is 5.68. The highest BCUT2D eigenvalue weighted by molar-refractivity contribution is 7.10. The maximum absolute atomic E-state index is 12.6. The molecule has 0 aliphatic carbocycles. The Labute approximate surface area is 156 Å². The molecule has 0 bridgehead atoms. The molecule has 6 heteroatoms. The predicted octanol–water partition coefficient (Wildman–Crippen LogP) is 3.75. The zero-order valence-corrected chi connectivity index (χ0v) is 15.8. The number of amides is 1. The summed E-state index contributed by atoms with van der Waals surface area (Å²) in [5.41, 5.74) is 0.448. The first kappa shape index (κ1) is 18.3. The fourth-order valence-electron chi connectivity index (χ4n) is 3.24. The molecule has 0 radical (unpaired) electrons. The standard InChI is InChI=1S/C20H23N3O2S/c1-3-14(4-2)19(17-10-7-11-26-17)22-18(24)12-23-13-21-16-9-6-5-8-15(16)20(23)25/h5-11,13-14,19H,3-4,12H2,1-2H3,(H,22,24)/t19-/m0/s1. The molecule has 0 fully saturated rings. The van der Waals surface area contributed by atoms with Gasteiger partial charge in [0, 0.05) is 4.88 Å². The van der Waals surface area contributed by atoms with E-state index >= 15 is 0 Å². The van der Waals surface area contributed by atoms with Crippen LogP contribution in [0.5, 0.6) is 0 Å². The molecular formula is C20H23N3O2S. The van der Waals surface area contributed by atoms with E-state index in [1.807, 2.05) is 17.5 Å². The van der Waals surface area contributed by atoms with Crippen LogP contribution in [0.2, 0.25) is 0 Å². The van der Waals surface area contributed by atoms with Gasteiger partial charge in [-0.3, -0.25) is 14.2 Å². The quantitative estimate of drug-likeness (QED) is 0.690. The molecule has 3 rings (SSSR count). The number of hydrogen-bond acceptors (Lipinski definition) is 4. The van der Waals surface area contributed by atoms with E-state index in [0.717, 1.165) is 17.7 Å². The van der Waals surface area contributed by atoms with E-state index in [4.69, 9.17) is 0 Å². The first-order valence-electron chi connectivity index (χ1n) is 8.91. The third kappa shape index (κ3) is 3.85. The van der Waals surface area contributed by atoms with Crippen LogP contribution in [-0.2, 0) is 11.3 Å². The number of thiophene rings is 1. The molecular weight excluding hydrogens is 346 g/mol. The van der Waals surface area contributed by atoms with Gasteiger partial charge in [-0.1, -0.05) is 44.9 Å². The highest BCUT2D eigenvalue weighted by Gasteiger charge is 2.23. The van der Waals surface area contributed by atoms with Gasteiger partial charge in [-0.2, -0.15) is 0 Å². The van der Waals surface area contributed by atoms with Crippen molar-refractivity contribution in [3.05, 3.63) is 63.3 Å². The van der Waals surface area contributed by atoms with Gasteiger partial charge in [-0.05, 0) is 29.5 Å². The Kier molecular flexibility index (Phi) is 5.83. The number of nitrogens with zero attached hydrogens (tertiary/aromatic N) is 2. The van der Waals surface area contributed by atoms with Gasteiger partial charge in [-0.25, -0.2) is 4.98 Å². The Morgan fingerprint density at radius 2 is 1.96 bits per heavy atom. The first-order chi connectivity index (χ1) is 12.6. The van der Waals surface area contributed by atoms with Crippen LogP contribution in [0.15, 0.2) is 52.9 Å². The monoisotopic (exact) mass is 369 g/mol. The molecule has 0 spiro atoms. The largest absolute Gasteiger partial charge is 0.347 e. The van der Waals surface area contributed by atoms with E-state index < -0.39 is 0 Å². The molecule has 0 saturated carbocycles. The molecule has 136 valence electrons. The van der Waals surface area contributed by atoms with E-state index in [1.54, 1.807) is 29.5 Å². The molecule has 26 heavy (non-hydrogen) atoms. The fraction of sp³-hybridized carbons (Fsp3) is 0.350. The molecule has 1 atom stereocenters.